The monoisotopic (exact) mass is 428 g/mol. The van der Waals surface area contributed by atoms with Crippen LogP contribution in [0, 0.1) is 0 Å². The summed E-state index contributed by atoms with van der Waals surface area (Å²) in [7, 11) is 0. The third-order valence-electron chi connectivity index (χ3n) is 3.72. The molecule has 138 valence electrons. The molecule has 0 aromatic heterocycles. The maximum Gasteiger partial charge on any atom is 0.0578 e. The van der Waals surface area contributed by atoms with E-state index in [4.69, 9.17) is 23.2 Å². The summed E-state index contributed by atoms with van der Waals surface area (Å²) in [6.45, 7) is 1.49. The average Bonchev–Trinajstić information content (AvgIpc) is 2.61. The zero-order chi connectivity index (χ0) is 16.8. The van der Waals surface area contributed by atoms with E-state index in [1.807, 2.05) is 60.7 Å². The van der Waals surface area contributed by atoms with Crippen LogP contribution < -0.4 is 10.6 Å². The van der Waals surface area contributed by atoms with Gasteiger partial charge in [0.25, 0.3) is 0 Å². The van der Waals surface area contributed by atoms with Crippen molar-refractivity contribution in [2.24, 2.45) is 0 Å². The fourth-order valence-corrected chi connectivity index (χ4v) is 2.64. The molecule has 2 N–H and O–H groups in total. The van der Waals surface area contributed by atoms with Gasteiger partial charge >= 0.3 is 0 Å². The largest absolute Gasteiger partial charge is 0.379 e. The molecule has 0 amide bonds. The summed E-state index contributed by atoms with van der Waals surface area (Å²) in [5.74, 6) is 0. The van der Waals surface area contributed by atoms with Crippen LogP contribution in [-0.2, 0) is 13.1 Å². The third kappa shape index (κ3) is 6.62. The standard InChI is InChI=1S/C20H18Cl2N2.2ClH/c21-17-9-5-15(6-10-17)13-23-19-3-1-2-4-20(19)24-14-16-7-11-18(22)12-8-16;;/h1-12,23-24H,13-14H2;2*1H. The van der Waals surface area contributed by atoms with Crippen LogP contribution in [0.25, 0.3) is 0 Å². The lowest BCUT2D eigenvalue weighted by Crippen LogP contribution is -2.05. The summed E-state index contributed by atoms with van der Waals surface area (Å²) in [6.07, 6.45) is 0. The second-order valence-corrected chi connectivity index (χ2v) is 6.38. The molecular formula is C20H20Cl4N2. The number of anilines is 2. The van der Waals surface area contributed by atoms with Crippen LogP contribution in [0.1, 0.15) is 11.1 Å². The molecule has 3 aromatic rings. The third-order valence-corrected chi connectivity index (χ3v) is 4.22. The molecule has 0 radical (unpaired) electrons. The Morgan fingerprint density at radius 3 is 1.23 bits per heavy atom. The smallest absolute Gasteiger partial charge is 0.0578 e. The second-order valence-electron chi connectivity index (χ2n) is 5.51. The van der Waals surface area contributed by atoms with E-state index in [2.05, 4.69) is 22.8 Å². The molecule has 0 bridgehead atoms. The van der Waals surface area contributed by atoms with Gasteiger partial charge in [-0.2, -0.15) is 0 Å². The predicted molar refractivity (Wildman–Crippen MR) is 118 cm³/mol. The summed E-state index contributed by atoms with van der Waals surface area (Å²) in [6, 6.07) is 23.9. The van der Waals surface area contributed by atoms with E-state index in [0.717, 1.165) is 34.5 Å². The molecular weight excluding hydrogens is 410 g/mol. The van der Waals surface area contributed by atoms with E-state index in [0.29, 0.717) is 0 Å². The zero-order valence-electron chi connectivity index (χ0n) is 13.9. The number of nitrogens with one attached hydrogen (secondary N) is 2. The van der Waals surface area contributed by atoms with Crippen molar-refractivity contribution in [3.63, 3.8) is 0 Å². The molecule has 0 saturated carbocycles. The average molecular weight is 430 g/mol. The number of hydrogen-bond acceptors (Lipinski definition) is 2. The van der Waals surface area contributed by atoms with Crippen LogP contribution in [0.3, 0.4) is 0 Å². The molecule has 0 atom stereocenters. The first-order valence-electron chi connectivity index (χ1n) is 7.76. The summed E-state index contributed by atoms with van der Waals surface area (Å²) in [4.78, 5) is 0. The van der Waals surface area contributed by atoms with Gasteiger partial charge in [0.15, 0.2) is 0 Å². The summed E-state index contributed by atoms with van der Waals surface area (Å²) in [5.41, 5.74) is 4.52. The van der Waals surface area contributed by atoms with E-state index in [-0.39, 0.29) is 24.8 Å². The van der Waals surface area contributed by atoms with Gasteiger partial charge in [0.05, 0.1) is 11.4 Å². The Kier molecular flexibility index (Phi) is 9.68. The van der Waals surface area contributed by atoms with Gasteiger partial charge in [-0.3, -0.25) is 0 Å². The number of benzene rings is 3. The SMILES string of the molecule is Cl.Cl.Clc1ccc(CNc2ccccc2NCc2ccc(Cl)cc2)cc1. The summed E-state index contributed by atoms with van der Waals surface area (Å²) >= 11 is 11.8. The van der Waals surface area contributed by atoms with Gasteiger partial charge in [0.1, 0.15) is 0 Å². The second kappa shape index (κ2) is 11.2. The van der Waals surface area contributed by atoms with Crippen LogP contribution in [0.5, 0.6) is 0 Å². The highest BCUT2D eigenvalue weighted by Gasteiger charge is 2.02. The minimum absolute atomic E-state index is 0. The van der Waals surface area contributed by atoms with Crippen molar-refractivity contribution in [3.05, 3.63) is 94.0 Å². The first kappa shape index (κ1) is 22.5. The fraction of sp³-hybridized carbons (Fsp3) is 0.100. The first-order chi connectivity index (χ1) is 11.7. The summed E-state index contributed by atoms with van der Waals surface area (Å²) in [5, 5.41) is 8.44. The maximum absolute atomic E-state index is 5.92. The quantitative estimate of drug-likeness (QED) is 0.438. The highest BCUT2D eigenvalue weighted by Crippen LogP contribution is 2.23. The molecule has 0 aliphatic heterocycles. The van der Waals surface area contributed by atoms with Crippen molar-refractivity contribution < 1.29 is 0 Å². The number of hydrogen-bond donors (Lipinski definition) is 2. The number of para-hydroxylation sites is 2. The van der Waals surface area contributed by atoms with Crippen LogP contribution in [0.4, 0.5) is 11.4 Å². The molecule has 0 saturated heterocycles. The molecule has 2 nitrogen and oxygen atoms in total. The van der Waals surface area contributed by atoms with Gasteiger partial charge in [-0.05, 0) is 47.5 Å². The van der Waals surface area contributed by atoms with Crippen molar-refractivity contribution in [2.75, 3.05) is 10.6 Å². The van der Waals surface area contributed by atoms with Crippen molar-refractivity contribution in [2.45, 2.75) is 13.1 Å². The molecule has 6 heteroatoms. The van der Waals surface area contributed by atoms with E-state index in [1.54, 1.807) is 0 Å². The molecule has 0 fully saturated rings. The fourth-order valence-electron chi connectivity index (χ4n) is 2.39. The predicted octanol–water partition coefficient (Wildman–Crippen LogP) is 7.06. The van der Waals surface area contributed by atoms with Gasteiger partial charge in [0, 0.05) is 23.1 Å². The Bertz CT molecular complexity index is 721. The van der Waals surface area contributed by atoms with Gasteiger partial charge in [-0.1, -0.05) is 59.6 Å². The first-order valence-corrected chi connectivity index (χ1v) is 8.52. The molecule has 0 heterocycles. The van der Waals surface area contributed by atoms with Gasteiger partial charge < -0.3 is 10.6 Å². The van der Waals surface area contributed by atoms with Crippen LogP contribution in [0.2, 0.25) is 10.0 Å². The van der Waals surface area contributed by atoms with Gasteiger partial charge in [0.2, 0.25) is 0 Å². The minimum Gasteiger partial charge on any atom is -0.379 e. The molecule has 0 unspecified atom stereocenters. The Labute approximate surface area is 176 Å². The van der Waals surface area contributed by atoms with Crippen molar-refractivity contribution in [3.8, 4) is 0 Å². The lowest BCUT2D eigenvalue weighted by molar-refractivity contribution is 1.12. The number of halogens is 4. The maximum atomic E-state index is 5.92. The molecule has 0 spiro atoms. The molecule has 0 aliphatic carbocycles. The molecule has 3 aromatic carbocycles. The van der Waals surface area contributed by atoms with Gasteiger partial charge in [-0.15, -0.1) is 24.8 Å². The van der Waals surface area contributed by atoms with Crippen molar-refractivity contribution in [1.82, 2.24) is 0 Å². The Morgan fingerprint density at radius 2 is 0.885 bits per heavy atom. The van der Waals surface area contributed by atoms with Crippen LogP contribution >= 0.6 is 48.0 Å². The zero-order valence-corrected chi connectivity index (χ0v) is 17.1. The topological polar surface area (TPSA) is 24.1 Å². The van der Waals surface area contributed by atoms with E-state index in [9.17, 15) is 0 Å². The Morgan fingerprint density at radius 1 is 0.538 bits per heavy atom. The summed E-state index contributed by atoms with van der Waals surface area (Å²) < 4.78 is 0. The highest BCUT2D eigenvalue weighted by atomic mass is 35.5. The Hall–Kier alpha value is -1.58. The van der Waals surface area contributed by atoms with Crippen LogP contribution in [0.15, 0.2) is 72.8 Å². The van der Waals surface area contributed by atoms with Crippen molar-refractivity contribution in [1.29, 1.82) is 0 Å². The van der Waals surface area contributed by atoms with Crippen molar-refractivity contribution >= 4 is 59.4 Å². The molecule has 3 rings (SSSR count). The lowest BCUT2D eigenvalue weighted by Gasteiger charge is -2.14. The van der Waals surface area contributed by atoms with E-state index < -0.39 is 0 Å². The number of rotatable bonds is 6. The Balaban J connectivity index is 0.00000169. The van der Waals surface area contributed by atoms with E-state index in [1.165, 1.54) is 11.1 Å². The lowest BCUT2D eigenvalue weighted by atomic mass is 10.2. The molecule has 26 heavy (non-hydrogen) atoms. The normalized spacial score (nSPS) is 9.62. The minimum atomic E-state index is 0. The van der Waals surface area contributed by atoms with Crippen LogP contribution in [-0.4, -0.2) is 0 Å². The van der Waals surface area contributed by atoms with E-state index >= 15 is 0 Å². The van der Waals surface area contributed by atoms with Gasteiger partial charge in [-0.25, -0.2) is 0 Å². The molecule has 0 aliphatic rings. The highest BCUT2D eigenvalue weighted by molar-refractivity contribution is 6.30.